The maximum Gasteiger partial charge on any atom is 0.129 e. The Labute approximate surface area is 87.2 Å². The Morgan fingerprint density at radius 3 is 2.80 bits per heavy atom. The normalized spacial score (nSPS) is 11.2. The number of fused-ring (bicyclic) bond motifs is 1. The minimum absolute atomic E-state index is 0.0893. The SMILES string of the molecule is Cc1cc2cc(F)c(CON)cc2n1C. The van der Waals surface area contributed by atoms with Gasteiger partial charge in [0.1, 0.15) is 5.82 Å². The van der Waals surface area contributed by atoms with Crippen LogP contribution in [0.15, 0.2) is 18.2 Å². The third-order valence-electron chi connectivity index (χ3n) is 2.69. The molecule has 1 aromatic carbocycles. The molecule has 0 saturated carbocycles. The van der Waals surface area contributed by atoms with Crippen LogP contribution in [-0.4, -0.2) is 4.57 Å². The molecule has 80 valence electrons. The van der Waals surface area contributed by atoms with E-state index >= 15 is 0 Å². The van der Waals surface area contributed by atoms with Gasteiger partial charge in [0.2, 0.25) is 0 Å². The first-order valence-electron chi connectivity index (χ1n) is 4.69. The van der Waals surface area contributed by atoms with Crippen molar-refractivity contribution in [3.8, 4) is 0 Å². The van der Waals surface area contributed by atoms with Crippen molar-refractivity contribution < 1.29 is 9.23 Å². The molecule has 15 heavy (non-hydrogen) atoms. The summed E-state index contributed by atoms with van der Waals surface area (Å²) in [5.41, 5.74) is 2.56. The molecule has 2 aromatic rings. The Kier molecular flexibility index (Phi) is 2.46. The van der Waals surface area contributed by atoms with Crippen LogP contribution in [0.25, 0.3) is 10.9 Å². The monoisotopic (exact) mass is 208 g/mol. The fourth-order valence-corrected chi connectivity index (χ4v) is 1.74. The zero-order chi connectivity index (χ0) is 11.0. The third-order valence-corrected chi connectivity index (χ3v) is 2.69. The van der Waals surface area contributed by atoms with Crippen molar-refractivity contribution in [2.75, 3.05) is 0 Å². The van der Waals surface area contributed by atoms with Gasteiger partial charge in [-0.1, -0.05) is 0 Å². The third kappa shape index (κ3) is 1.62. The summed E-state index contributed by atoms with van der Waals surface area (Å²) in [6.07, 6.45) is 0. The molecule has 2 N–H and O–H groups in total. The van der Waals surface area contributed by atoms with Crippen LogP contribution in [0, 0.1) is 12.7 Å². The second kappa shape index (κ2) is 3.64. The Morgan fingerprint density at radius 2 is 2.13 bits per heavy atom. The molecule has 0 amide bonds. The molecular formula is C11H13FN2O. The molecule has 0 bridgehead atoms. The molecule has 0 aliphatic rings. The average molecular weight is 208 g/mol. The summed E-state index contributed by atoms with van der Waals surface area (Å²) in [6, 6.07) is 5.23. The maximum atomic E-state index is 13.5. The van der Waals surface area contributed by atoms with E-state index in [-0.39, 0.29) is 12.4 Å². The Morgan fingerprint density at radius 1 is 1.40 bits per heavy atom. The largest absolute Gasteiger partial charge is 0.348 e. The minimum atomic E-state index is -0.279. The lowest BCUT2D eigenvalue weighted by molar-refractivity contribution is 0.121. The summed E-state index contributed by atoms with van der Waals surface area (Å²) in [5.74, 6) is 4.66. The molecule has 0 aliphatic heterocycles. The molecule has 0 fully saturated rings. The van der Waals surface area contributed by atoms with E-state index in [1.165, 1.54) is 6.07 Å². The molecule has 0 atom stereocenters. The van der Waals surface area contributed by atoms with Gasteiger partial charge in [0.15, 0.2) is 0 Å². The molecule has 0 radical (unpaired) electrons. The Balaban J connectivity index is 2.66. The summed E-state index contributed by atoms with van der Waals surface area (Å²) in [7, 11) is 1.95. The van der Waals surface area contributed by atoms with Gasteiger partial charge in [-0.2, -0.15) is 0 Å². The van der Waals surface area contributed by atoms with E-state index in [1.54, 1.807) is 6.07 Å². The fourth-order valence-electron chi connectivity index (χ4n) is 1.74. The van der Waals surface area contributed by atoms with Crippen LogP contribution < -0.4 is 5.90 Å². The summed E-state index contributed by atoms with van der Waals surface area (Å²) >= 11 is 0. The number of hydrogen-bond donors (Lipinski definition) is 1. The van der Waals surface area contributed by atoms with Crippen LogP contribution in [0.3, 0.4) is 0 Å². The molecular weight excluding hydrogens is 195 g/mol. The van der Waals surface area contributed by atoms with Crippen LogP contribution >= 0.6 is 0 Å². The van der Waals surface area contributed by atoms with Crippen LogP contribution in [0.4, 0.5) is 4.39 Å². The van der Waals surface area contributed by atoms with Gasteiger partial charge in [-0.15, -0.1) is 0 Å². The first kappa shape index (κ1) is 10.1. The molecule has 0 spiro atoms. The number of halogens is 1. The fraction of sp³-hybridized carbons (Fsp3) is 0.273. The van der Waals surface area contributed by atoms with E-state index in [0.717, 1.165) is 16.6 Å². The highest BCUT2D eigenvalue weighted by atomic mass is 19.1. The van der Waals surface area contributed by atoms with Gasteiger partial charge in [-0.25, -0.2) is 10.3 Å². The van der Waals surface area contributed by atoms with Crippen molar-refractivity contribution in [2.24, 2.45) is 12.9 Å². The van der Waals surface area contributed by atoms with E-state index in [4.69, 9.17) is 5.90 Å². The number of aryl methyl sites for hydroxylation is 2. The van der Waals surface area contributed by atoms with Crippen molar-refractivity contribution in [3.05, 3.63) is 35.3 Å². The maximum absolute atomic E-state index is 13.5. The van der Waals surface area contributed by atoms with Crippen LogP contribution in [-0.2, 0) is 18.5 Å². The van der Waals surface area contributed by atoms with Crippen LogP contribution in [0.1, 0.15) is 11.3 Å². The minimum Gasteiger partial charge on any atom is -0.348 e. The van der Waals surface area contributed by atoms with Gasteiger partial charge in [-0.05, 0) is 25.1 Å². The topological polar surface area (TPSA) is 40.2 Å². The number of benzene rings is 1. The Hall–Kier alpha value is -1.39. The first-order valence-corrected chi connectivity index (χ1v) is 4.69. The molecule has 1 heterocycles. The Bertz CT molecular complexity index is 505. The lowest BCUT2D eigenvalue weighted by Gasteiger charge is -2.04. The summed E-state index contributed by atoms with van der Waals surface area (Å²) in [6.45, 7) is 2.07. The molecule has 0 aliphatic carbocycles. The van der Waals surface area contributed by atoms with E-state index < -0.39 is 0 Å². The summed E-state index contributed by atoms with van der Waals surface area (Å²) in [5, 5.41) is 0.897. The van der Waals surface area contributed by atoms with Gasteiger partial charge in [-0.3, -0.25) is 4.84 Å². The smallest absolute Gasteiger partial charge is 0.129 e. The number of aromatic nitrogens is 1. The number of hydrogen-bond acceptors (Lipinski definition) is 2. The van der Waals surface area contributed by atoms with Gasteiger partial charge >= 0.3 is 0 Å². The molecule has 2 rings (SSSR count). The zero-order valence-electron chi connectivity index (χ0n) is 8.75. The number of nitrogens with zero attached hydrogens (tertiary/aromatic N) is 1. The predicted molar refractivity (Wildman–Crippen MR) is 56.6 cm³/mol. The number of rotatable bonds is 2. The lowest BCUT2D eigenvalue weighted by Crippen LogP contribution is -2.01. The van der Waals surface area contributed by atoms with Crippen molar-refractivity contribution >= 4 is 10.9 Å². The summed E-state index contributed by atoms with van der Waals surface area (Å²) < 4.78 is 15.5. The highest BCUT2D eigenvalue weighted by Gasteiger charge is 2.08. The lowest BCUT2D eigenvalue weighted by atomic mass is 10.1. The highest BCUT2D eigenvalue weighted by Crippen LogP contribution is 2.22. The molecule has 1 aromatic heterocycles. The zero-order valence-corrected chi connectivity index (χ0v) is 8.75. The second-order valence-corrected chi connectivity index (χ2v) is 3.66. The van der Waals surface area contributed by atoms with Crippen molar-refractivity contribution in [3.63, 3.8) is 0 Å². The molecule has 0 unspecified atom stereocenters. The summed E-state index contributed by atoms with van der Waals surface area (Å²) in [4.78, 5) is 4.46. The van der Waals surface area contributed by atoms with Crippen LogP contribution in [0.2, 0.25) is 0 Å². The number of nitrogens with two attached hydrogens (primary N) is 1. The van der Waals surface area contributed by atoms with Crippen molar-refractivity contribution in [1.82, 2.24) is 4.57 Å². The van der Waals surface area contributed by atoms with Gasteiger partial charge < -0.3 is 4.57 Å². The van der Waals surface area contributed by atoms with Gasteiger partial charge in [0.05, 0.1) is 6.61 Å². The van der Waals surface area contributed by atoms with E-state index in [9.17, 15) is 4.39 Å². The predicted octanol–water partition coefficient (Wildman–Crippen LogP) is 2.02. The second-order valence-electron chi connectivity index (χ2n) is 3.66. The average Bonchev–Trinajstić information content (AvgIpc) is 2.45. The van der Waals surface area contributed by atoms with Gasteiger partial charge in [0, 0.05) is 29.2 Å². The van der Waals surface area contributed by atoms with E-state index in [0.29, 0.717) is 5.56 Å². The van der Waals surface area contributed by atoms with E-state index in [1.807, 2.05) is 24.6 Å². The van der Waals surface area contributed by atoms with Crippen molar-refractivity contribution in [1.29, 1.82) is 0 Å². The van der Waals surface area contributed by atoms with E-state index in [2.05, 4.69) is 4.84 Å². The quantitative estimate of drug-likeness (QED) is 0.767. The molecule has 4 heteroatoms. The van der Waals surface area contributed by atoms with Crippen LogP contribution in [0.5, 0.6) is 0 Å². The standard InChI is InChI=1S/C11H13FN2O/c1-7-3-8-4-10(12)9(6-15-13)5-11(8)14(7)2/h3-5H,6,13H2,1-2H3. The van der Waals surface area contributed by atoms with Crippen molar-refractivity contribution in [2.45, 2.75) is 13.5 Å². The van der Waals surface area contributed by atoms with Gasteiger partial charge in [0.25, 0.3) is 0 Å². The highest BCUT2D eigenvalue weighted by molar-refractivity contribution is 5.82. The first-order chi connectivity index (χ1) is 7.13. The molecule has 3 nitrogen and oxygen atoms in total. The molecule has 0 saturated heterocycles.